The SMILES string of the molecule is Brc1ccc(Nc2nc(-c3ccccc3)cs2)cc1.Brc1ccc(Nc2nc(-c3cccnc3)cs2)cc1.Fc1ccc(Nc2nc(-c3ccccc3)cs2)cc1.Fc1ccc(Nc2nc(-c3cccnc3)cs2)cc1.Fc1ccc(Nc2nc(-c3cncnc3)cs2)cc1. The van der Waals surface area contributed by atoms with E-state index in [1.807, 2.05) is 149 Å². The maximum atomic E-state index is 12.8. The third-order valence-corrected chi connectivity index (χ3v) is 17.8. The van der Waals surface area contributed by atoms with Crippen LogP contribution in [0.4, 0.5) is 67.3 Å². The van der Waals surface area contributed by atoms with Gasteiger partial charge in [-0.15, -0.1) is 56.7 Å². The number of hydrogen-bond acceptors (Lipinski definition) is 19. The van der Waals surface area contributed by atoms with E-state index < -0.39 is 0 Å². The van der Waals surface area contributed by atoms with E-state index in [9.17, 15) is 13.2 Å². The molecule has 0 spiro atoms. The Balaban J connectivity index is 0.000000121. The van der Waals surface area contributed by atoms with Gasteiger partial charge in [0, 0.05) is 129 Å². The molecule has 15 rings (SSSR count). The van der Waals surface area contributed by atoms with E-state index in [2.05, 4.69) is 121 Å². The van der Waals surface area contributed by atoms with Crippen LogP contribution in [0.1, 0.15) is 0 Å². The Labute approximate surface area is 581 Å². The van der Waals surface area contributed by atoms with Crippen LogP contribution in [0.5, 0.6) is 0 Å². The molecule has 0 aliphatic carbocycles. The number of nitrogens with one attached hydrogen (secondary N) is 5. The smallest absolute Gasteiger partial charge is 0.187 e. The van der Waals surface area contributed by atoms with E-state index in [4.69, 9.17) is 0 Å². The molecule has 15 aromatic rings. The molecule has 14 nitrogen and oxygen atoms in total. The van der Waals surface area contributed by atoms with Crippen LogP contribution in [0.25, 0.3) is 56.3 Å². The fourth-order valence-electron chi connectivity index (χ4n) is 8.28. The zero-order valence-electron chi connectivity index (χ0n) is 49.5. The van der Waals surface area contributed by atoms with Crippen molar-refractivity contribution < 1.29 is 13.2 Å². The van der Waals surface area contributed by atoms with Gasteiger partial charge in [0.25, 0.3) is 0 Å². The highest BCUT2D eigenvalue weighted by atomic mass is 79.9. The Kier molecular flexibility index (Phi) is 23.8. The van der Waals surface area contributed by atoms with Crippen molar-refractivity contribution in [1.29, 1.82) is 0 Å². The zero-order chi connectivity index (χ0) is 65.4. The molecule has 8 aromatic heterocycles. The third-order valence-electron chi connectivity index (χ3n) is 12.9. The van der Waals surface area contributed by atoms with E-state index in [0.29, 0.717) is 0 Å². The van der Waals surface area contributed by atoms with Gasteiger partial charge in [0.05, 0.1) is 28.5 Å². The second kappa shape index (κ2) is 34.1. The van der Waals surface area contributed by atoms with Gasteiger partial charge >= 0.3 is 0 Å². The van der Waals surface area contributed by atoms with Crippen LogP contribution < -0.4 is 26.6 Å². The number of aromatic nitrogens is 9. The van der Waals surface area contributed by atoms with Crippen LogP contribution in [0.3, 0.4) is 0 Å². The molecule has 0 bridgehead atoms. The molecule has 5 N–H and O–H groups in total. The Hall–Kier alpha value is -10.2. The normalized spacial score (nSPS) is 10.4. The predicted molar refractivity (Wildman–Crippen MR) is 393 cm³/mol. The summed E-state index contributed by atoms with van der Waals surface area (Å²) in [4.78, 5) is 38.6. The summed E-state index contributed by atoms with van der Waals surface area (Å²) in [5.41, 5.74) is 14.2. The molecule has 0 aliphatic heterocycles. The summed E-state index contributed by atoms with van der Waals surface area (Å²) in [5.74, 6) is -0.748. The number of rotatable bonds is 15. The number of hydrogen-bond donors (Lipinski definition) is 5. The Morgan fingerprint density at radius 1 is 0.263 bits per heavy atom. The molecular weight excluding hydrogens is 1430 g/mol. The van der Waals surface area contributed by atoms with Crippen molar-refractivity contribution >= 4 is 143 Å². The Morgan fingerprint density at radius 3 is 0.800 bits per heavy atom. The van der Waals surface area contributed by atoms with Crippen molar-refractivity contribution in [3.63, 3.8) is 0 Å². The highest BCUT2D eigenvalue weighted by molar-refractivity contribution is 9.10. The second-order valence-electron chi connectivity index (χ2n) is 19.7. The molecule has 0 fully saturated rings. The molecule has 0 unspecified atom stereocenters. The summed E-state index contributed by atoms with van der Waals surface area (Å²) < 4.78 is 40.5. The third kappa shape index (κ3) is 20.7. The minimum atomic E-state index is -0.258. The van der Waals surface area contributed by atoms with Crippen molar-refractivity contribution in [2.75, 3.05) is 26.6 Å². The summed E-state index contributed by atoms with van der Waals surface area (Å²) >= 11 is 14.5. The fraction of sp³-hybridized carbons (Fsp3) is 0. The molecule has 470 valence electrons. The van der Waals surface area contributed by atoms with Crippen LogP contribution in [-0.4, -0.2) is 44.9 Å². The van der Waals surface area contributed by atoms with Crippen molar-refractivity contribution in [1.82, 2.24) is 44.9 Å². The van der Waals surface area contributed by atoms with E-state index in [1.54, 1.807) is 90.1 Å². The van der Waals surface area contributed by atoms with Crippen LogP contribution >= 0.6 is 88.5 Å². The van der Waals surface area contributed by atoms with Crippen LogP contribution in [0.15, 0.2) is 286 Å². The first kappa shape index (κ1) is 66.3. The molecule has 0 saturated carbocycles. The van der Waals surface area contributed by atoms with Gasteiger partial charge in [-0.05, 0) is 146 Å². The molecule has 0 atom stereocenters. The lowest BCUT2D eigenvalue weighted by Crippen LogP contribution is -1.90. The van der Waals surface area contributed by atoms with E-state index in [1.165, 1.54) is 76.7 Å². The molecule has 0 amide bonds. The van der Waals surface area contributed by atoms with E-state index >= 15 is 0 Å². The summed E-state index contributed by atoms with van der Waals surface area (Å²) in [6.07, 6.45) is 12.0. The number of halogens is 5. The lowest BCUT2D eigenvalue weighted by molar-refractivity contribution is 0.627. The van der Waals surface area contributed by atoms with Gasteiger partial charge < -0.3 is 26.6 Å². The van der Waals surface area contributed by atoms with Gasteiger partial charge in [0.1, 0.15) is 23.8 Å². The van der Waals surface area contributed by atoms with Crippen LogP contribution in [0, 0.1) is 17.5 Å². The number of pyridine rings is 2. The van der Waals surface area contributed by atoms with Crippen molar-refractivity contribution in [3.05, 3.63) is 303 Å². The molecule has 24 heteroatoms. The van der Waals surface area contributed by atoms with Crippen molar-refractivity contribution in [3.8, 4) is 56.3 Å². The minimum absolute atomic E-state index is 0.241. The maximum absolute atomic E-state index is 12.8. The standard InChI is InChI=1S/C15H11BrN2S.C15H11FN2S.C14H10BrN3S.C14H10FN3S.C13H9FN4S/c2*16-12-6-8-13(9-7-12)17-15-18-14(10-19-15)11-4-2-1-3-5-11;2*15-11-3-5-12(6-4-11)17-14-18-13(9-19-14)10-2-1-7-16-8-10;14-10-1-3-11(4-2-10)17-13-18-12(7-19-13)9-5-15-8-16-6-9/h2*1-10H,(H,17,18);2*1-9H,(H,17,18);1-8H,(H,17,18). The molecule has 0 radical (unpaired) electrons. The summed E-state index contributed by atoms with van der Waals surface area (Å²) in [5, 5.41) is 30.1. The van der Waals surface area contributed by atoms with Crippen LogP contribution in [-0.2, 0) is 0 Å². The van der Waals surface area contributed by atoms with Gasteiger partial charge in [-0.2, -0.15) is 0 Å². The average Bonchev–Trinajstić information content (AvgIpc) is 2.23. The van der Waals surface area contributed by atoms with Gasteiger partial charge in [-0.3, -0.25) is 9.97 Å². The van der Waals surface area contributed by atoms with E-state index in [-0.39, 0.29) is 17.5 Å². The quantitative estimate of drug-likeness (QED) is 0.0655. The second-order valence-corrected chi connectivity index (χ2v) is 25.8. The first-order chi connectivity index (χ1) is 46.5. The number of anilines is 10. The number of nitrogens with zero attached hydrogens (tertiary/aromatic N) is 9. The van der Waals surface area contributed by atoms with E-state index in [0.717, 1.165) is 119 Å². The molecule has 8 heterocycles. The largest absolute Gasteiger partial charge is 0.332 e. The molecule has 7 aromatic carbocycles. The van der Waals surface area contributed by atoms with Crippen molar-refractivity contribution in [2.24, 2.45) is 0 Å². The highest BCUT2D eigenvalue weighted by Gasteiger charge is 2.10. The lowest BCUT2D eigenvalue weighted by atomic mass is 10.2. The molecule has 0 aliphatic rings. The Bertz CT molecular complexity index is 4030. The number of benzene rings is 7. The highest BCUT2D eigenvalue weighted by Crippen LogP contribution is 2.32. The monoisotopic (exact) mass is 1470 g/mol. The van der Waals surface area contributed by atoms with Crippen LogP contribution in [0.2, 0.25) is 0 Å². The first-order valence-electron chi connectivity index (χ1n) is 28.6. The molecular formula is C71H51Br2F3N14S5. The predicted octanol–water partition coefficient (Wildman–Crippen LogP) is 22.3. The van der Waals surface area contributed by atoms with Gasteiger partial charge in [0.2, 0.25) is 0 Å². The Morgan fingerprint density at radius 2 is 0.516 bits per heavy atom. The van der Waals surface area contributed by atoms with Gasteiger partial charge in [0.15, 0.2) is 25.7 Å². The van der Waals surface area contributed by atoms with Crippen molar-refractivity contribution in [2.45, 2.75) is 0 Å². The first-order valence-corrected chi connectivity index (χ1v) is 34.6. The van der Waals surface area contributed by atoms with Gasteiger partial charge in [-0.25, -0.2) is 48.1 Å². The van der Waals surface area contributed by atoms with Gasteiger partial charge in [-0.1, -0.05) is 92.5 Å². The number of thiazole rings is 5. The summed E-state index contributed by atoms with van der Waals surface area (Å²) in [6.45, 7) is 0. The maximum Gasteiger partial charge on any atom is 0.187 e. The zero-order valence-corrected chi connectivity index (χ0v) is 56.8. The molecule has 0 saturated heterocycles. The summed E-state index contributed by atoms with van der Waals surface area (Å²) in [6, 6.07) is 62.6. The average molecular weight is 1480 g/mol. The minimum Gasteiger partial charge on any atom is -0.332 e. The molecule has 95 heavy (non-hydrogen) atoms. The summed E-state index contributed by atoms with van der Waals surface area (Å²) in [7, 11) is 0. The fourth-order valence-corrected chi connectivity index (χ4v) is 12.5. The topological polar surface area (TPSA) is 176 Å². The lowest BCUT2D eigenvalue weighted by Gasteiger charge is -2.01.